The third-order valence-corrected chi connectivity index (χ3v) is 1.25. The van der Waals surface area contributed by atoms with Crippen molar-refractivity contribution in [1.29, 1.82) is 0 Å². The molecule has 0 radical (unpaired) electrons. The molecule has 0 unspecified atom stereocenters. The minimum absolute atomic E-state index is 0. The zero-order valence-corrected chi connectivity index (χ0v) is 7.47. The van der Waals surface area contributed by atoms with E-state index in [0.717, 1.165) is 6.92 Å². The Hall–Kier alpha value is 0.870. The maximum absolute atomic E-state index is 9.53. The first-order valence-corrected chi connectivity index (χ1v) is 3.04. The zero-order chi connectivity index (χ0) is 6.08. The first kappa shape index (κ1) is 11.6. The van der Waals surface area contributed by atoms with Crippen LogP contribution >= 0.6 is 0 Å². The summed E-state index contributed by atoms with van der Waals surface area (Å²) in [6, 6.07) is 0. The van der Waals surface area contributed by atoms with Gasteiger partial charge in [0.05, 0.1) is 0 Å². The molecule has 0 aromatic carbocycles. The number of hydrogen-bond acceptors (Lipinski definition) is 4. The van der Waals surface area contributed by atoms with Crippen LogP contribution in [0, 0.1) is 0 Å². The molecule has 0 spiro atoms. The minimum Gasteiger partial charge on any atom is -0.746 e. The molecule has 0 bridgehead atoms. The van der Waals surface area contributed by atoms with E-state index in [0.29, 0.717) is 0 Å². The van der Waals surface area contributed by atoms with E-state index < -0.39 is 15.6 Å². The van der Waals surface area contributed by atoms with E-state index in [2.05, 4.69) is 0 Å². The Balaban J connectivity index is 0. The van der Waals surface area contributed by atoms with Crippen molar-refractivity contribution >= 4 is 10.1 Å². The maximum atomic E-state index is 9.53. The molecule has 0 aliphatic carbocycles. The van der Waals surface area contributed by atoms with Crippen molar-refractivity contribution in [2.24, 2.45) is 0 Å². The van der Waals surface area contributed by atoms with Crippen LogP contribution in [0.1, 0.15) is 6.92 Å². The third kappa shape index (κ3) is 5.02. The van der Waals surface area contributed by atoms with Crippen molar-refractivity contribution in [2.75, 3.05) is 0 Å². The summed E-state index contributed by atoms with van der Waals surface area (Å²) in [4.78, 5) is 0. The summed E-state index contributed by atoms with van der Waals surface area (Å²) in [5.41, 5.74) is -1.78. The van der Waals surface area contributed by atoms with E-state index in [1.165, 1.54) is 0 Å². The Labute approximate surface area is 69.9 Å². The van der Waals surface area contributed by atoms with Crippen LogP contribution in [0.5, 0.6) is 0 Å². The molecule has 0 saturated carbocycles. The molecule has 4 nitrogen and oxygen atoms in total. The van der Waals surface area contributed by atoms with Gasteiger partial charge in [0.25, 0.3) is 0 Å². The summed E-state index contributed by atoms with van der Waals surface area (Å²) in [5.74, 6) is 0. The van der Waals surface area contributed by atoms with Gasteiger partial charge in [0.2, 0.25) is 0 Å². The van der Waals surface area contributed by atoms with E-state index in [9.17, 15) is 13.0 Å². The van der Waals surface area contributed by atoms with E-state index in [1.807, 2.05) is 0 Å². The van der Waals surface area contributed by atoms with Crippen molar-refractivity contribution in [3.05, 3.63) is 0 Å². The molecule has 0 rings (SSSR count). The maximum Gasteiger partial charge on any atom is 1.00 e. The van der Waals surface area contributed by atoms with Gasteiger partial charge in [-0.1, -0.05) is 0 Å². The van der Waals surface area contributed by atoms with Crippen LogP contribution in [0.15, 0.2) is 0 Å². The Bertz CT molecular complexity index is 136. The molecule has 0 saturated heterocycles. The second-order valence-corrected chi connectivity index (χ2v) is 2.76. The SMILES string of the molecule is C[C@@H](O)S(=O)(=O)[O-].[Na+]. The fourth-order valence-corrected chi connectivity index (χ4v) is 0. The summed E-state index contributed by atoms with van der Waals surface area (Å²) < 4.78 is 28.6. The number of hydrogen-bond donors (Lipinski definition) is 1. The molecule has 0 aromatic rings. The van der Waals surface area contributed by atoms with Gasteiger partial charge in [-0.15, -0.1) is 0 Å². The van der Waals surface area contributed by atoms with Crippen LogP contribution in [0.4, 0.5) is 0 Å². The molecule has 8 heavy (non-hydrogen) atoms. The molecule has 6 heteroatoms. The third-order valence-electron chi connectivity index (χ3n) is 0.418. The summed E-state index contributed by atoms with van der Waals surface area (Å²) in [5, 5.41) is 7.99. The van der Waals surface area contributed by atoms with Crippen molar-refractivity contribution in [1.82, 2.24) is 0 Å². The second kappa shape index (κ2) is 3.81. The molecule has 0 aliphatic heterocycles. The van der Waals surface area contributed by atoms with E-state index >= 15 is 0 Å². The van der Waals surface area contributed by atoms with Gasteiger partial charge >= 0.3 is 29.6 Å². The van der Waals surface area contributed by atoms with Crippen molar-refractivity contribution < 1.29 is 47.6 Å². The molecule has 0 fully saturated rings. The topological polar surface area (TPSA) is 77.4 Å². The number of aliphatic hydroxyl groups is 1. The van der Waals surface area contributed by atoms with Crippen LogP contribution in [-0.2, 0) is 10.1 Å². The summed E-state index contributed by atoms with van der Waals surface area (Å²) in [7, 11) is -4.44. The Morgan fingerprint density at radius 3 is 1.75 bits per heavy atom. The van der Waals surface area contributed by atoms with Gasteiger partial charge in [0.1, 0.15) is 15.6 Å². The number of rotatable bonds is 1. The molecule has 0 amide bonds. The monoisotopic (exact) mass is 148 g/mol. The summed E-state index contributed by atoms with van der Waals surface area (Å²) in [6.45, 7) is 0.905. The van der Waals surface area contributed by atoms with Gasteiger partial charge in [-0.05, 0) is 6.92 Å². The van der Waals surface area contributed by atoms with Crippen LogP contribution in [0.2, 0.25) is 0 Å². The standard InChI is InChI=1S/C2H6O4S.Na/c1-2(3)7(4,5)6;/h2-3H,1H3,(H,4,5,6);/q;+1/p-1/t2-;/m0./s1. The normalized spacial score (nSPS) is 14.4. The largest absolute Gasteiger partial charge is 1.00 e. The van der Waals surface area contributed by atoms with Crippen molar-refractivity contribution in [3.63, 3.8) is 0 Å². The second-order valence-electron chi connectivity index (χ2n) is 1.09. The van der Waals surface area contributed by atoms with Crippen LogP contribution < -0.4 is 29.6 Å². The fourth-order valence-electron chi connectivity index (χ4n) is 0. The van der Waals surface area contributed by atoms with Gasteiger partial charge in [-0.2, -0.15) is 0 Å². The predicted molar refractivity (Wildman–Crippen MR) is 21.4 cm³/mol. The Kier molecular flexibility index (Phi) is 5.55. The van der Waals surface area contributed by atoms with Crippen molar-refractivity contribution in [2.45, 2.75) is 12.4 Å². The molecular weight excluding hydrogens is 143 g/mol. The number of aliphatic hydroxyl groups excluding tert-OH is 1. The molecule has 44 valence electrons. The average Bonchev–Trinajstić information content (AvgIpc) is 1.31. The van der Waals surface area contributed by atoms with Crippen molar-refractivity contribution in [3.8, 4) is 0 Å². The van der Waals surface area contributed by atoms with Gasteiger partial charge in [-0.25, -0.2) is 8.42 Å². The molecule has 1 atom stereocenters. The quantitative estimate of drug-likeness (QED) is 0.302. The molecule has 0 aliphatic rings. The Morgan fingerprint density at radius 2 is 1.75 bits per heavy atom. The first-order chi connectivity index (χ1) is 2.94. The zero-order valence-electron chi connectivity index (χ0n) is 4.66. The Morgan fingerprint density at radius 1 is 1.62 bits per heavy atom. The van der Waals surface area contributed by atoms with Gasteiger partial charge in [0.15, 0.2) is 0 Å². The molecular formula is C2H5NaO4S. The molecule has 0 heterocycles. The van der Waals surface area contributed by atoms with Crippen LogP contribution in [-0.4, -0.2) is 23.5 Å². The van der Waals surface area contributed by atoms with E-state index in [4.69, 9.17) is 5.11 Å². The van der Waals surface area contributed by atoms with Gasteiger partial charge in [0, 0.05) is 0 Å². The van der Waals surface area contributed by atoms with Gasteiger partial charge in [-0.3, -0.25) is 0 Å². The predicted octanol–water partition coefficient (Wildman–Crippen LogP) is -4.13. The summed E-state index contributed by atoms with van der Waals surface area (Å²) >= 11 is 0. The first-order valence-electron chi connectivity index (χ1n) is 1.57. The molecule has 0 aromatic heterocycles. The minimum atomic E-state index is -4.44. The van der Waals surface area contributed by atoms with E-state index in [-0.39, 0.29) is 29.6 Å². The van der Waals surface area contributed by atoms with Crippen LogP contribution in [0.3, 0.4) is 0 Å². The van der Waals surface area contributed by atoms with E-state index in [1.54, 1.807) is 0 Å². The average molecular weight is 148 g/mol. The fraction of sp³-hybridized carbons (Fsp3) is 1.00. The smallest absolute Gasteiger partial charge is 0.746 e. The van der Waals surface area contributed by atoms with Gasteiger partial charge < -0.3 is 9.66 Å². The summed E-state index contributed by atoms with van der Waals surface area (Å²) in [6.07, 6.45) is 0. The molecule has 1 N–H and O–H groups in total. The van der Waals surface area contributed by atoms with Crippen LogP contribution in [0.25, 0.3) is 0 Å².